The van der Waals surface area contributed by atoms with Crippen molar-refractivity contribution >= 4 is 53.6 Å². The Balaban J connectivity index is 1.83. The number of carboxylic acid groups (broad SMARTS) is 1. The summed E-state index contributed by atoms with van der Waals surface area (Å²) < 4.78 is 25.6. The number of esters is 4. The highest BCUT2D eigenvalue weighted by Gasteiger charge is 2.43. The molecule has 4 rings (SSSR count). The molecule has 5 amide bonds. The molecule has 434 valence electrons. The van der Waals surface area contributed by atoms with Gasteiger partial charge in [0, 0.05) is 59.3 Å². The molecule has 79 heavy (non-hydrogen) atoms. The summed E-state index contributed by atoms with van der Waals surface area (Å²) in [6, 6.07) is 10.7. The van der Waals surface area contributed by atoms with Gasteiger partial charge in [-0.3, -0.25) is 23.9 Å². The zero-order chi connectivity index (χ0) is 59.0. The number of likely N-dealkylation sites (N-methyl/N-ethyl adjacent to an activating group) is 4. The quantitative estimate of drug-likeness (QED) is 0.129. The van der Waals surface area contributed by atoms with Crippen molar-refractivity contribution < 1.29 is 67.2 Å². The van der Waals surface area contributed by atoms with Crippen molar-refractivity contribution in [2.45, 2.75) is 169 Å². The van der Waals surface area contributed by atoms with E-state index in [-0.39, 0.29) is 68.7 Å². The predicted octanol–water partition coefficient (Wildman–Crippen LogP) is 5.68. The molecule has 0 radical (unpaired) electrons. The smallest absolute Gasteiger partial charge is 0.404 e. The number of ether oxygens (including phenoxy) is 4. The van der Waals surface area contributed by atoms with Crippen LogP contribution in [0, 0.1) is 23.7 Å². The average Bonchev–Trinajstić information content (AvgIpc) is 3.84. The Morgan fingerprint density at radius 1 is 0.506 bits per heavy atom. The number of amides is 5. The molecule has 0 aliphatic carbocycles. The second-order valence-electron chi connectivity index (χ2n) is 22.3. The van der Waals surface area contributed by atoms with E-state index in [9.17, 15) is 43.2 Å². The molecule has 0 spiro atoms. The lowest BCUT2D eigenvalue weighted by Crippen LogP contribution is -2.55. The second kappa shape index (κ2) is 29.6. The van der Waals surface area contributed by atoms with Gasteiger partial charge in [0.05, 0.1) is 12.7 Å². The Bertz CT molecular complexity index is 2550. The van der Waals surface area contributed by atoms with Crippen molar-refractivity contribution in [1.82, 2.24) is 34.7 Å². The summed E-state index contributed by atoms with van der Waals surface area (Å²) >= 11 is 0. The first kappa shape index (κ1) is 64.2. The standard InChI is InChI=1S/C58H83N7O14/c1-34(2)24-44-54(70)76-39(10)51(67)62(12)47(27-37(7)8)57(73)79-49(29-41-20-22-42(23-21-41)32-65-33-43(31-60-65)30-59-58(74)75)53(69)64(14)45(25-35(3)4)55(71)77-38(9)50(66)61(11)46(26-36(5)6)56(72)78-48(52(68)63(44)13)28-40-18-16-15-17-19-40/h15-23,31,33-39,44-49,59H,24-30,32H2,1-14H3,(H,74,75)/t38-,39-,44+,45+,46+,47+,48-,49-/m1/s1. The van der Waals surface area contributed by atoms with Gasteiger partial charge in [0.1, 0.15) is 24.2 Å². The number of hydrogen-bond donors (Lipinski definition) is 2. The van der Waals surface area contributed by atoms with Gasteiger partial charge in [-0.1, -0.05) is 110 Å². The van der Waals surface area contributed by atoms with Gasteiger partial charge in [0.15, 0.2) is 24.4 Å². The molecule has 1 saturated heterocycles. The van der Waals surface area contributed by atoms with Crippen LogP contribution in [0.15, 0.2) is 67.0 Å². The van der Waals surface area contributed by atoms with E-state index in [1.54, 1.807) is 71.7 Å². The van der Waals surface area contributed by atoms with Crippen LogP contribution in [0.4, 0.5) is 4.79 Å². The fraction of sp³-hybridized carbons (Fsp3) is 0.586. The van der Waals surface area contributed by atoms with Crippen LogP contribution in [0.3, 0.4) is 0 Å². The number of benzene rings is 2. The average molecular weight is 1100 g/mol. The van der Waals surface area contributed by atoms with Crippen molar-refractivity contribution in [3.05, 3.63) is 89.2 Å². The number of nitrogens with one attached hydrogen (secondary N) is 1. The lowest BCUT2D eigenvalue weighted by atomic mass is 9.99. The first-order valence-electron chi connectivity index (χ1n) is 27.1. The molecule has 0 saturated carbocycles. The molecule has 2 N–H and O–H groups in total. The summed E-state index contributed by atoms with van der Waals surface area (Å²) in [5.41, 5.74) is 2.64. The first-order valence-corrected chi connectivity index (χ1v) is 27.1. The minimum atomic E-state index is -1.58. The van der Waals surface area contributed by atoms with Crippen LogP contribution in [0.1, 0.15) is 117 Å². The molecule has 1 aliphatic rings. The van der Waals surface area contributed by atoms with E-state index in [1.165, 1.54) is 42.0 Å². The van der Waals surface area contributed by atoms with Gasteiger partial charge in [0.25, 0.3) is 23.6 Å². The lowest BCUT2D eigenvalue weighted by Gasteiger charge is -2.35. The maximum atomic E-state index is 15.0. The van der Waals surface area contributed by atoms with Crippen LogP contribution in [-0.2, 0) is 83.2 Å². The lowest BCUT2D eigenvalue weighted by molar-refractivity contribution is -0.176. The summed E-state index contributed by atoms with van der Waals surface area (Å²) in [5, 5.41) is 15.6. The topological polar surface area (TPSA) is 254 Å². The number of carbonyl (C=O) groups excluding carboxylic acids is 8. The highest BCUT2D eigenvalue weighted by molar-refractivity contribution is 5.94. The van der Waals surface area contributed by atoms with E-state index in [2.05, 4.69) is 10.4 Å². The van der Waals surface area contributed by atoms with E-state index in [4.69, 9.17) is 24.1 Å². The molecule has 3 aromatic rings. The zero-order valence-corrected chi connectivity index (χ0v) is 48.4. The molecular weight excluding hydrogens is 1020 g/mol. The Morgan fingerprint density at radius 3 is 1.22 bits per heavy atom. The normalized spacial score (nSPS) is 23.3. The van der Waals surface area contributed by atoms with Gasteiger partial charge in [-0.05, 0) is 79.9 Å². The first-order chi connectivity index (χ1) is 37.1. The van der Waals surface area contributed by atoms with Crippen LogP contribution < -0.4 is 5.32 Å². The highest BCUT2D eigenvalue weighted by Crippen LogP contribution is 2.24. The molecule has 2 aromatic carbocycles. The van der Waals surface area contributed by atoms with E-state index in [0.29, 0.717) is 23.2 Å². The van der Waals surface area contributed by atoms with Crippen molar-refractivity contribution in [2.75, 3.05) is 28.2 Å². The molecule has 2 heterocycles. The highest BCUT2D eigenvalue weighted by atomic mass is 16.6. The summed E-state index contributed by atoms with van der Waals surface area (Å²) in [4.78, 5) is 132. The van der Waals surface area contributed by atoms with E-state index < -0.39 is 102 Å². The van der Waals surface area contributed by atoms with Crippen molar-refractivity contribution in [3.8, 4) is 0 Å². The fourth-order valence-electron chi connectivity index (χ4n) is 9.25. The minimum Gasteiger partial charge on any atom is -0.465 e. The minimum absolute atomic E-state index is 0.0596. The number of carbonyl (C=O) groups is 9. The molecule has 1 aliphatic heterocycles. The van der Waals surface area contributed by atoms with Gasteiger partial charge < -0.3 is 49.0 Å². The van der Waals surface area contributed by atoms with Crippen LogP contribution in [-0.4, -0.2) is 165 Å². The Kier molecular flexibility index (Phi) is 24.1. The molecule has 21 nitrogen and oxygen atoms in total. The van der Waals surface area contributed by atoms with Crippen LogP contribution in [0.25, 0.3) is 0 Å². The molecule has 1 fully saturated rings. The summed E-state index contributed by atoms with van der Waals surface area (Å²) in [6.07, 6.45) is -3.98. The molecule has 8 atom stereocenters. The third-order valence-electron chi connectivity index (χ3n) is 13.7. The third kappa shape index (κ3) is 18.9. The third-order valence-corrected chi connectivity index (χ3v) is 13.7. The van der Waals surface area contributed by atoms with Gasteiger partial charge in [-0.15, -0.1) is 0 Å². The number of rotatable bonds is 16. The molecule has 0 unspecified atom stereocenters. The molecular formula is C58H83N7O14. The van der Waals surface area contributed by atoms with Gasteiger partial charge in [-0.2, -0.15) is 5.10 Å². The Labute approximate surface area is 464 Å². The van der Waals surface area contributed by atoms with Crippen LogP contribution >= 0.6 is 0 Å². The fourth-order valence-corrected chi connectivity index (χ4v) is 9.25. The predicted molar refractivity (Wildman–Crippen MR) is 291 cm³/mol. The number of hydrogen-bond acceptors (Lipinski definition) is 14. The van der Waals surface area contributed by atoms with E-state index in [0.717, 1.165) is 25.2 Å². The SMILES string of the molecule is CC(C)C[C@H]1C(=O)O[C@H](Cc2ccc(Cn3cc(CNC(=O)O)cn3)cc2)C(=O)N(C)[C@@H](CC(C)C)C(=O)O[C@H](C)C(=O)N(C)[C@@H](CC(C)C)C(=O)O[C@H](Cc2ccccc2)C(=O)N(C)[C@@H](CC(C)C)C(=O)O[C@H](C)C(=O)N1C. The molecule has 0 bridgehead atoms. The van der Waals surface area contributed by atoms with Crippen molar-refractivity contribution in [2.24, 2.45) is 23.7 Å². The Hall–Kier alpha value is -7.32. The summed E-state index contributed by atoms with van der Waals surface area (Å²) in [6.45, 7) is 17.8. The zero-order valence-electron chi connectivity index (χ0n) is 48.4. The van der Waals surface area contributed by atoms with Gasteiger partial charge in [0.2, 0.25) is 0 Å². The van der Waals surface area contributed by atoms with Gasteiger partial charge in [-0.25, -0.2) is 24.0 Å². The number of nitrogens with zero attached hydrogens (tertiary/aromatic N) is 6. The van der Waals surface area contributed by atoms with Crippen molar-refractivity contribution in [3.63, 3.8) is 0 Å². The van der Waals surface area contributed by atoms with E-state index >= 15 is 0 Å². The van der Waals surface area contributed by atoms with Crippen LogP contribution in [0.5, 0.6) is 0 Å². The van der Waals surface area contributed by atoms with E-state index in [1.807, 2.05) is 55.4 Å². The van der Waals surface area contributed by atoms with Crippen LogP contribution in [0.2, 0.25) is 0 Å². The van der Waals surface area contributed by atoms with Gasteiger partial charge >= 0.3 is 30.0 Å². The summed E-state index contributed by atoms with van der Waals surface area (Å²) in [5.74, 6) is -7.59. The number of aromatic nitrogens is 2. The maximum absolute atomic E-state index is 15.0. The maximum Gasteiger partial charge on any atom is 0.404 e. The molecule has 1 aromatic heterocycles. The van der Waals surface area contributed by atoms with Crippen molar-refractivity contribution in [1.29, 1.82) is 0 Å². The Morgan fingerprint density at radius 2 is 0.848 bits per heavy atom. The largest absolute Gasteiger partial charge is 0.465 e. The molecule has 21 heteroatoms. The summed E-state index contributed by atoms with van der Waals surface area (Å²) in [7, 11) is 5.49. The monoisotopic (exact) mass is 1100 g/mol. The number of cyclic esters (lactones) is 4. The second-order valence-corrected chi connectivity index (χ2v) is 22.3.